The maximum atomic E-state index is 10.6. The summed E-state index contributed by atoms with van der Waals surface area (Å²) in [6, 6.07) is 12.1. The molecule has 20 heavy (non-hydrogen) atoms. The highest BCUT2D eigenvalue weighted by Gasteiger charge is 2.17. The Kier molecular flexibility index (Phi) is 6.42. The Morgan fingerprint density at radius 3 is 2.10 bits per heavy atom. The number of thiophene rings is 1. The van der Waals surface area contributed by atoms with E-state index < -0.39 is 18.0 Å². The number of hydrogen-bond acceptors (Lipinski definition) is 4. The Balaban J connectivity index is 0.000000217. The van der Waals surface area contributed by atoms with Crippen LogP contribution in [0.1, 0.15) is 21.3 Å². The van der Waals surface area contributed by atoms with Crippen LogP contribution in [0.5, 0.6) is 0 Å². The molecule has 2 rings (SSSR count). The number of benzene rings is 1. The molecule has 0 aliphatic rings. The standard InChI is InChI=1S/C9H10O3.C5H4O2S/c1-12-8(9(10)11)7-5-3-2-4-6-7;6-5(7)4-2-1-3-8-4/h2-6,8H,1H3,(H,10,11);1-3H,(H,6,7). The van der Waals surface area contributed by atoms with Gasteiger partial charge in [-0.05, 0) is 17.0 Å². The molecular weight excluding hydrogens is 280 g/mol. The van der Waals surface area contributed by atoms with Crippen molar-refractivity contribution in [3.63, 3.8) is 0 Å². The molecule has 6 heteroatoms. The van der Waals surface area contributed by atoms with Crippen LogP contribution < -0.4 is 0 Å². The Morgan fingerprint density at radius 1 is 1.10 bits per heavy atom. The van der Waals surface area contributed by atoms with E-state index in [1.165, 1.54) is 18.4 Å². The van der Waals surface area contributed by atoms with Gasteiger partial charge in [-0.25, -0.2) is 9.59 Å². The van der Waals surface area contributed by atoms with Crippen LogP contribution in [-0.4, -0.2) is 29.3 Å². The summed E-state index contributed by atoms with van der Waals surface area (Å²) in [7, 11) is 1.38. The number of rotatable bonds is 4. The molecule has 0 radical (unpaired) electrons. The molecule has 1 heterocycles. The van der Waals surface area contributed by atoms with E-state index in [1.807, 2.05) is 6.07 Å². The molecule has 0 aliphatic heterocycles. The van der Waals surface area contributed by atoms with Gasteiger partial charge in [0.15, 0.2) is 6.10 Å². The lowest BCUT2D eigenvalue weighted by molar-refractivity contribution is -0.148. The fraction of sp³-hybridized carbons (Fsp3) is 0.143. The first kappa shape index (κ1) is 15.9. The summed E-state index contributed by atoms with van der Waals surface area (Å²) in [5.74, 6) is -1.82. The Morgan fingerprint density at radius 2 is 1.75 bits per heavy atom. The summed E-state index contributed by atoms with van der Waals surface area (Å²) < 4.78 is 4.80. The number of carboxylic acids is 2. The molecule has 1 aromatic carbocycles. The van der Waals surface area contributed by atoms with E-state index >= 15 is 0 Å². The van der Waals surface area contributed by atoms with Crippen LogP contribution in [0.25, 0.3) is 0 Å². The zero-order chi connectivity index (χ0) is 15.0. The van der Waals surface area contributed by atoms with Crippen molar-refractivity contribution in [2.75, 3.05) is 7.11 Å². The molecule has 0 fully saturated rings. The second-order valence-electron chi connectivity index (χ2n) is 3.65. The van der Waals surface area contributed by atoms with Crippen molar-refractivity contribution in [1.82, 2.24) is 0 Å². The third kappa shape index (κ3) is 4.83. The zero-order valence-corrected chi connectivity index (χ0v) is 11.5. The van der Waals surface area contributed by atoms with Crippen LogP contribution in [0.3, 0.4) is 0 Å². The second kappa shape index (κ2) is 8.08. The van der Waals surface area contributed by atoms with Crippen LogP contribution in [0.2, 0.25) is 0 Å². The molecule has 0 saturated carbocycles. The quantitative estimate of drug-likeness (QED) is 0.905. The van der Waals surface area contributed by atoms with Gasteiger partial charge in [-0.1, -0.05) is 36.4 Å². The molecule has 0 amide bonds. The molecule has 5 nitrogen and oxygen atoms in total. The van der Waals surface area contributed by atoms with Crippen molar-refractivity contribution < 1.29 is 24.5 Å². The van der Waals surface area contributed by atoms with Crippen molar-refractivity contribution in [2.24, 2.45) is 0 Å². The number of carbonyl (C=O) groups is 2. The van der Waals surface area contributed by atoms with E-state index in [4.69, 9.17) is 14.9 Å². The van der Waals surface area contributed by atoms with Crippen LogP contribution in [0.4, 0.5) is 0 Å². The minimum atomic E-state index is -0.969. The van der Waals surface area contributed by atoms with Crippen molar-refractivity contribution in [2.45, 2.75) is 6.10 Å². The van der Waals surface area contributed by atoms with Crippen molar-refractivity contribution in [3.05, 3.63) is 58.3 Å². The average Bonchev–Trinajstić information content (AvgIpc) is 2.95. The average molecular weight is 294 g/mol. The first-order chi connectivity index (χ1) is 9.56. The smallest absolute Gasteiger partial charge is 0.345 e. The predicted octanol–water partition coefficient (Wildman–Crippen LogP) is 2.91. The zero-order valence-electron chi connectivity index (χ0n) is 10.7. The molecule has 0 saturated heterocycles. The van der Waals surface area contributed by atoms with Crippen molar-refractivity contribution >= 4 is 23.3 Å². The minimum absolute atomic E-state index is 0.394. The molecular formula is C14H14O5S. The van der Waals surface area contributed by atoms with Gasteiger partial charge in [0.05, 0.1) is 0 Å². The van der Waals surface area contributed by atoms with Gasteiger partial charge in [-0.15, -0.1) is 11.3 Å². The number of methoxy groups -OCH3 is 1. The molecule has 2 N–H and O–H groups in total. The highest BCUT2D eigenvalue weighted by molar-refractivity contribution is 7.11. The highest BCUT2D eigenvalue weighted by atomic mass is 32.1. The van der Waals surface area contributed by atoms with Gasteiger partial charge in [0, 0.05) is 7.11 Å². The SMILES string of the molecule is COC(C(=O)O)c1ccccc1.O=C(O)c1cccs1. The normalized spacial score (nSPS) is 11.1. The van der Waals surface area contributed by atoms with E-state index in [-0.39, 0.29) is 0 Å². The van der Waals surface area contributed by atoms with Crippen LogP contribution in [-0.2, 0) is 9.53 Å². The summed E-state index contributed by atoms with van der Waals surface area (Å²) in [6.45, 7) is 0. The maximum Gasteiger partial charge on any atom is 0.345 e. The lowest BCUT2D eigenvalue weighted by atomic mass is 10.1. The Bertz CT molecular complexity index is 536. The van der Waals surface area contributed by atoms with E-state index in [2.05, 4.69) is 0 Å². The Hall–Kier alpha value is -2.18. The first-order valence-corrected chi connectivity index (χ1v) is 6.51. The number of ether oxygens (including phenoxy) is 1. The monoisotopic (exact) mass is 294 g/mol. The van der Waals surface area contributed by atoms with Gasteiger partial charge >= 0.3 is 11.9 Å². The van der Waals surface area contributed by atoms with E-state index in [1.54, 1.807) is 41.8 Å². The van der Waals surface area contributed by atoms with Gasteiger partial charge in [0.2, 0.25) is 0 Å². The largest absolute Gasteiger partial charge is 0.479 e. The molecule has 0 spiro atoms. The van der Waals surface area contributed by atoms with Crippen LogP contribution in [0, 0.1) is 0 Å². The maximum absolute atomic E-state index is 10.6. The first-order valence-electron chi connectivity index (χ1n) is 5.63. The fourth-order valence-electron chi connectivity index (χ4n) is 1.41. The van der Waals surface area contributed by atoms with Crippen molar-refractivity contribution in [1.29, 1.82) is 0 Å². The number of aromatic carboxylic acids is 1. The molecule has 0 aliphatic carbocycles. The third-order valence-electron chi connectivity index (χ3n) is 2.29. The highest BCUT2D eigenvalue weighted by Crippen LogP contribution is 2.15. The molecule has 106 valence electrons. The Labute approximate surface area is 120 Å². The van der Waals surface area contributed by atoms with Gasteiger partial charge in [0.1, 0.15) is 4.88 Å². The van der Waals surface area contributed by atoms with Crippen LogP contribution >= 0.6 is 11.3 Å². The molecule has 1 atom stereocenters. The number of carboxylic acid groups (broad SMARTS) is 2. The lowest BCUT2D eigenvalue weighted by Gasteiger charge is -2.09. The van der Waals surface area contributed by atoms with Gasteiger partial charge in [-0.3, -0.25) is 0 Å². The predicted molar refractivity (Wildman–Crippen MR) is 75.1 cm³/mol. The van der Waals surface area contributed by atoms with Crippen molar-refractivity contribution in [3.8, 4) is 0 Å². The molecule has 1 aromatic heterocycles. The summed E-state index contributed by atoms with van der Waals surface area (Å²) in [4.78, 5) is 21.1. The van der Waals surface area contributed by atoms with E-state index in [9.17, 15) is 9.59 Å². The minimum Gasteiger partial charge on any atom is -0.479 e. The van der Waals surface area contributed by atoms with Crippen LogP contribution in [0.15, 0.2) is 47.8 Å². The molecule has 2 aromatic rings. The lowest BCUT2D eigenvalue weighted by Crippen LogP contribution is -2.12. The second-order valence-corrected chi connectivity index (χ2v) is 4.59. The summed E-state index contributed by atoms with van der Waals surface area (Å²) in [6.07, 6.45) is -0.855. The topological polar surface area (TPSA) is 83.8 Å². The van der Waals surface area contributed by atoms with Gasteiger partial charge in [-0.2, -0.15) is 0 Å². The third-order valence-corrected chi connectivity index (χ3v) is 3.15. The summed E-state index contributed by atoms with van der Waals surface area (Å²) in [5, 5.41) is 18.7. The van der Waals surface area contributed by atoms with Gasteiger partial charge < -0.3 is 14.9 Å². The summed E-state index contributed by atoms with van der Waals surface area (Å²) >= 11 is 1.23. The number of aliphatic carboxylic acids is 1. The fourth-order valence-corrected chi connectivity index (χ4v) is 1.97. The summed E-state index contributed by atoms with van der Waals surface area (Å²) in [5.41, 5.74) is 0.660. The van der Waals surface area contributed by atoms with Gasteiger partial charge in [0.25, 0.3) is 0 Å². The number of hydrogen-bond donors (Lipinski definition) is 2. The van der Waals surface area contributed by atoms with E-state index in [0.717, 1.165) is 0 Å². The molecule has 0 bridgehead atoms. The molecule has 1 unspecified atom stereocenters. The van der Waals surface area contributed by atoms with E-state index in [0.29, 0.717) is 10.4 Å².